The van der Waals surface area contributed by atoms with E-state index in [-0.39, 0.29) is 17.2 Å². The van der Waals surface area contributed by atoms with Crippen LogP contribution in [0.3, 0.4) is 0 Å². The van der Waals surface area contributed by atoms with Gasteiger partial charge >= 0.3 is 0 Å². The molecule has 5 heteroatoms. The molecule has 1 N–H and O–H groups in total. The molecule has 0 bridgehead atoms. The number of sulfonamides is 1. The van der Waals surface area contributed by atoms with Crippen molar-refractivity contribution in [2.75, 3.05) is 6.54 Å². The van der Waals surface area contributed by atoms with E-state index in [1.54, 1.807) is 13.0 Å². The molecule has 0 amide bonds. The van der Waals surface area contributed by atoms with Crippen LogP contribution in [0.15, 0.2) is 29.2 Å². The lowest BCUT2D eigenvalue weighted by Crippen LogP contribution is -2.24. The van der Waals surface area contributed by atoms with Crippen molar-refractivity contribution >= 4 is 15.8 Å². The van der Waals surface area contributed by atoms with E-state index in [0.29, 0.717) is 5.56 Å². The number of hydrogen-bond donors (Lipinski definition) is 1. The maximum absolute atomic E-state index is 11.8. The average Bonchev–Trinajstić information content (AvgIpc) is 2.29. The van der Waals surface area contributed by atoms with Gasteiger partial charge in [0, 0.05) is 5.56 Å². The second kappa shape index (κ2) is 5.62. The third kappa shape index (κ3) is 3.70. The molecule has 0 saturated heterocycles. The molecule has 0 spiro atoms. The van der Waals surface area contributed by atoms with Crippen molar-refractivity contribution in [2.45, 2.75) is 18.7 Å². The van der Waals surface area contributed by atoms with Gasteiger partial charge in [-0.1, -0.05) is 18.1 Å². The number of Topliss-reactive ketones (excluding diaryl/α,β-unsaturated/α-hetero) is 1. The van der Waals surface area contributed by atoms with Gasteiger partial charge in [-0.3, -0.25) is 4.79 Å². The summed E-state index contributed by atoms with van der Waals surface area (Å²) >= 11 is 0. The third-order valence-corrected chi connectivity index (χ3v) is 3.48. The van der Waals surface area contributed by atoms with E-state index in [9.17, 15) is 13.2 Å². The number of carbonyl (C=O) groups excluding carboxylic acids is 1. The Morgan fingerprint density at radius 1 is 1.41 bits per heavy atom. The molecule has 1 aromatic carbocycles. The lowest BCUT2D eigenvalue weighted by Gasteiger charge is -2.04. The van der Waals surface area contributed by atoms with E-state index in [2.05, 4.69) is 16.6 Å². The normalized spacial score (nSPS) is 10.5. The monoisotopic (exact) mass is 251 g/mol. The maximum atomic E-state index is 11.8. The van der Waals surface area contributed by atoms with Crippen LogP contribution in [0.2, 0.25) is 0 Å². The van der Waals surface area contributed by atoms with E-state index >= 15 is 0 Å². The molecule has 0 aliphatic heterocycles. The molecule has 0 atom stereocenters. The molecule has 0 aliphatic carbocycles. The van der Waals surface area contributed by atoms with Crippen LogP contribution in [0.25, 0.3) is 0 Å². The van der Waals surface area contributed by atoms with E-state index in [1.165, 1.54) is 25.1 Å². The predicted molar refractivity (Wildman–Crippen MR) is 65.1 cm³/mol. The Morgan fingerprint density at radius 3 is 2.71 bits per heavy atom. The first kappa shape index (κ1) is 13.4. The van der Waals surface area contributed by atoms with Crippen LogP contribution in [0.4, 0.5) is 0 Å². The summed E-state index contributed by atoms with van der Waals surface area (Å²) in [5.41, 5.74) is 0.370. The van der Waals surface area contributed by atoms with Crippen LogP contribution >= 0.6 is 0 Å². The summed E-state index contributed by atoms with van der Waals surface area (Å²) in [5, 5.41) is 0. The molecule has 4 nitrogen and oxygen atoms in total. The fraction of sp³-hybridized carbons (Fsp3) is 0.250. The second-order valence-electron chi connectivity index (χ2n) is 3.34. The Bertz CT molecular complexity index is 579. The molecule has 17 heavy (non-hydrogen) atoms. The van der Waals surface area contributed by atoms with Gasteiger partial charge in [-0.2, -0.15) is 4.72 Å². The maximum Gasteiger partial charge on any atom is 0.241 e. The van der Waals surface area contributed by atoms with Crippen molar-refractivity contribution in [1.29, 1.82) is 0 Å². The first-order valence-corrected chi connectivity index (χ1v) is 6.46. The molecular formula is C12H13NO3S. The fourth-order valence-electron chi connectivity index (χ4n) is 1.19. The highest BCUT2D eigenvalue weighted by atomic mass is 32.2. The Morgan fingerprint density at radius 2 is 2.12 bits per heavy atom. The fourth-order valence-corrected chi connectivity index (χ4v) is 2.15. The highest BCUT2D eigenvalue weighted by molar-refractivity contribution is 7.89. The quantitative estimate of drug-likeness (QED) is 0.646. The number of rotatable bonds is 4. The summed E-state index contributed by atoms with van der Waals surface area (Å²) in [7, 11) is -3.59. The zero-order valence-electron chi connectivity index (χ0n) is 9.65. The van der Waals surface area contributed by atoms with E-state index in [0.717, 1.165) is 0 Å². The van der Waals surface area contributed by atoms with Gasteiger partial charge in [0.1, 0.15) is 0 Å². The van der Waals surface area contributed by atoms with Gasteiger partial charge in [-0.05, 0) is 26.0 Å². The standard InChI is InChI=1S/C12H13NO3S/c1-3-4-8-13-17(15,16)12-7-5-6-11(9-12)10(2)14/h5-7,9,13H,8H2,1-2H3. The molecule has 0 aromatic heterocycles. The molecule has 0 radical (unpaired) electrons. The van der Waals surface area contributed by atoms with Crippen LogP contribution in [-0.4, -0.2) is 20.7 Å². The molecule has 1 rings (SSSR count). The number of benzene rings is 1. The lowest BCUT2D eigenvalue weighted by molar-refractivity contribution is 0.101. The van der Waals surface area contributed by atoms with Gasteiger partial charge < -0.3 is 0 Å². The smallest absolute Gasteiger partial charge is 0.241 e. The zero-order valence-corrected chi connectivity index (χ0v) is 10.5. The molecule has 1 aromatic rings. The number of carbonyl (C=O) groups is 1. The molecule has 0 unspecified atom stereocenters. The minimum absolute atomic E-state index is 0.0587. The summed E-state index contributed by atoms with van der Waals surface area (Å²) in [6, 6.07) is 5.90. The minimum atomic E-state index is -3.59. The lowest BCUT2D eigenvalue weighted by atomic mass is 10.2. The zero-order chi connectivity index (χ0) is 12.9. The van der Waals surface area contributed by atoms with Gasteiger partial charge in [0.15, 0.2) is 5.78 Å². The van der Waals surface area contributed by atoms with Crippen molar-refractivity contribution in [3.05, 3.63) is 29.8 Å². The molecule has 0 aliphatic rings. The van der Waals surface area contributed by atoms with E-state index in [4.69, 9.17) is 0 Å². The minimum Gasteiger partial charge on any atom is -0.295 e. The number of ketones is 1. The summed E-state index contributed by atoms with van der Waals surface area (Å²) in [6.07, 6.45) is 0. The average molecular weight is 251 g/mol. The summed E-state index contributed by atoms with van der Waals surface area (Å²) in [6.45, 7) is 3.08. The number of hydrogen-bond acceptors (Lipinski definition) is 3. The van der Waals surface area contributed by atoms with E-state index < -0.39 is 10.0 Å². The van der Waals surface area contributed by atoms with Crippen molar-refractivity contribution in [2.24, 2.45) is 0 Å². The Hall–Kier alpha value is -1.64. The van der Waals surface area contributed by atoms with Crippen molar-refractivity contribution in [3.8, 4) is 11.8 Å². The molecule has 0 fully saturated rings. The first-order chi connectivity index (χ1) is 7.97. The molecule has 0 heterocycles. The highest BCUT2D eigenvalue weighted by Gasteiger charge is 2.13. The Kier molecular flexibility index (Phi) is 4.44. The Labute approximate surface area is 101 Å². The highest BCUT2D eigenvalue weighted by Crippen LogP contribution is 2.11. The first-order valence-electron chi connectivity index (χ1n) is 4.97. The van der Waals surface area contributed by atoms with Crippen LogP contribution in [0, 0.1) is 11.8 Å². The van der Waals surface area contributed by atoms with Gasteiger partial charge in [-0.25, -0.2) is 8.42 Å². The second-order valence-corrected chi connectivity index (χ2v) is 5.10. The van der Waals surface area contributed by atoms with Crippen LogP contribution in [0.1, 0.15) is 24.2 Å². The van der Waals surface area contributed by atoms with Crippen molar-refractivity contribution in [1.82, 2.24) is 4.72 Å². The molecule has 0 saturated carbocycles. The molecule has 90 valence electrons. The van der Waals surface area contributed by atoms with Crippen LogP contribution < -0.4 is 4.72 Å². The van der Waals surface area contributed by atoms with Gasteiger partial charge in [-0.15, -0.1) is 5.92 Å². The van der Waals surface area contributed by atoms with Crippen molar-refractivity contribution in [3.63, 3.8) is 0 Å². The number of nitrogens with one attached hydrogen (secondary N) is 1. The SMILES string of the molecule is CC#CCNS(=O)(=O)c1cccc(C(C)=O)c1. The van der Waals surface area contributed by atoms with Crippen molar-refractivity contribution < 1.29 is 13.2 Å². The van der Waals surface area contributed by atoms with Crippen LogP contribution in [0.5, 0.6) is 0 Å². The summed E-state index contributed by atoms with van der Waals surface area (Å²) in [4.78, 5) is 11.2. The topological polar surface area (TPSA) is 63.2 Å². The summed E-state index contributed by atoms with van der Waals surface area (Å²) in [5.74, 6) is 5.02. The van der Waals surface area contributed by atoms with Crippen LogP contribution in [-0.2, 0) is 10.0 Å². The van der Waals surface area contributed by atoms with Gasteiger partial charge in [0.25, 0.3) is 0 Å². The summed E-state index contributed by atoms with van der Waals surface area (Å²) < 4.78 is 25.9. The van der Waals surface area contributed by atoms with E-state index in [1.807, 2.05) is 0 Å². The third-order valence-electron chi connectivity index (χ3n) is 2.08. The predicted octanol–water partition coefficient (Wildman–Crippen LogP) is 1.19. The van der Waals surface area contributed by atoms with Gasteiger partial charge in [0.05, 0.1) is 11.4 Å². The molecular weight excluding hydrogens is 238 g/mol. The van der Waals surface area contributed by atoms with Gasteiger partial charge in [0.2, 0.25) is 10.0 Å². The Balaban J connectivity index is 3.01. The largest absolute Gasteiger partial charge is 0.295 e.